The minimum absolute atomic E-state index is 0.0400. The van der Waals surface area contributed by atoms with Crippen LogP contribution in [0.1, 0.15) is 0 Å². The number of hydrogen-bond donors (Lipinski definition) is 2. The van der Waals surface area contributed by atoms with E-state index in [2.05, 4.69) is 15.6 Å². The predicted octanol–water partition coefficient (Wildman–Crippen LogP) is 2.07. The first-order valence-corrected chi connectivity index (χ1v) is 6.73. The zero-order valence-corrected chi connectivity index (χ0v) is 11.4. The average Bonchev–Trinajstić information content (AvgIpc) is 2.90. The Kier molecular flexibility index (Phi) is 3.42. The number of rotatable bonds is 4. The van der Waals surface area contributed by atoms with E-state index in [4.69, 9.17) is 5.84 Å². The SMILES string of the molecule is NNc1cc(Sc2nnc3ccccn23)cc([N+](=O)[O-])c1. The van der Waals surface area contributed by atoms with Crippen molar-refractivity contribution in [3.05, 3.63) is 52.7 Å². The first-order chi connectivity index (χ1) is 10.2. The molecule has 1 aromatic carbocycles. The quantitative estimate of drug-likeness (QED) is 0.431. The van der Waals surface area contributed by atoms with E-state index in [1.807, 2.05) is 24.4 Å². The van der Waals surface area contributed by atoms with Crippen LogP contribution in [-0.2, 0) is 0 Å². The molecule has 0 amide bonds. The molecule has 0 unspecified atom stereocenters. The van der Waals surface area contributed by atoms with Crippen LogP contribution in [0.25, 0.3) is 5.65 Å². The lowest BCUT2D eigenvalue weighted by Crippen LogP contribution is -2.07. The lowest BCUT2D eigenvalue weighted by molar-refractivity contribution is -0.385. The number of nitrogens with zero attached hydrogens (tertiary/aromatic N) is 4. The first kappa shape index (κ1) is 13.3. The van der Waals surface area contributed by atoms with Gasteiger partial charge in [-0.1, -0.05) is 6.07 Å². The molecule has 0 spiro atoms. The van der Waals surface area contributed by atoms with Gasteiger partial charge in [0.2, 0.25) is 0 Å². The van der Waals surface area contributed by atoms with Crippen LogP contribution in [0.4, 0.5) is 11.4 Å². The van der Waals surface area contributed by atoms with Crippen molar-refractivity contribution < 1.29 is 4.92 Å². The second-order valence-corrected chi connectivity index (χ2v) is 5.17. The monoisotopic (exact) mass is 302 g/mol. The largest absolute Gasteiger partial charge is 0.324 e. The summed E-state index contributed by atoms with van der Waals surface area (Å²) in [7, 11) is 0. The summed E-state index contributed by atoms with van der Waals surface area (Å²) in [6.07, 6.45) is 1.83. The van der Waals surface area contributed by atoms with Crippen molar-refractivity contribution in [2.75, 3.05) is 5.43 Å². The van der Waals surface area contributed by atoms with Crippen LogP contribution < -0.4 is 11.3 Å². The van der Waals surface area contributed by atoms with Gasteiger partial charge >= 0.3 is 0 Å². The fraction of sp³-hybridized carbons (Fsp3) is 0. The Morgan fingerprint density at radius 2 is 2.14 bits per heavy atom. The van der Waals surface area contributed by atoms with E-state index in [1.54, 1.807) is 10.5 Å². The maximum Gasteiger partial charge on any atom is 0.272 e. The molecule has 3 N–H and O–H groups in total. The molecule has 8 nitrogen and oxygen atoms in total. The van der Waals surface area contributed by atoms with Crippen LogP contribution in [0.15, 0.2) is 52.6 Å². The summed E-state index contributed by atoms with van der Waals surface area (Å²) in [5.41, 5.74) is 3.55. The summed E-state index contributed by atoms with van der Waals surface area (Å²) in [5, 5.41) is 19.7. The van der Waals surface area contributed by atoms with E-state index >= 15 is 0 Å². The van der Waals surface area contributed by atoms with E-state index in [9.17, 15) is 10.1 Å². The number of nitro benzene ring substituents is 1. The van der Waals surface area contributed by atoms with Crippen LogP contribution in [0.2, 0.25) is 0 Å². The molecule has 21 heavy (non-hydrogen) atoms. The summed E-state index contributed by atoms with van der Waals surface area (Å²) >= 11 is 1.27. The van der Waals surface area contributed by atoms with Crippen molar-refractivity contribution in [2.24, 2.45) is 5.84 Å². The second kappa shape index (κ2) is 5.38. The number of hydrazine groups is 1. The van der Waals surface area contributed by atoms with Gasteiger partial charge in [0.15, 0.2) is 10.8 Å². The molecule has 9 heteroatoms. The van der Waals surface area contributed by atoms with Crippen LogP contribution >= 0.6 is 11.8 Å². The third kappa shape index (κ3) is 2.64. The molecule has 0 bridgehead atoms. The van der Waals surface area contributed by atoms with Gasteiger partial charge in [-0.15, -0.1) is 10.2 Å². The van der Waals surface area contributed by atoms with E-state index in [1.165, 1.54) is 23.9 Å². The van der Waals surface area contributed by atoms with Crippen LogP contribution in [0.3, 0.4) is 0 Å². The Labute approximate surface area is 123 Å². The maximum absolute atomic E-state index is 10.9. The van der Waals surface area contributed by atoms with Crippen LogP contribution in [0, 0.1) is 10.1 Å². The Hall–Kier alpha value is -2.65. The molecular weight excluding hydrogens is 292 g/mol. The smallest absolute Gasteiger partial charge is 0.272 e. The molecular formula is C12H10N6O2S. The summed E-state index contributed by atoms with van der Waals surface area (Å²) in [6.45, 7) is 0. The Morgan fingerprint density at radius 3 is 2.90 bits per heavy atom. The molecule has 0 atom stereocenters. The lowest BCUT2D eigenvalue weighted by atomic mass is 10.3. The van der Waals surface area contributed by atoms with Gasteiger partial charge in [0.25, 0.3) is 5.69 Å². The van der Waals surface area contributed by atoms with E-state index in [0.29, 0.717) is 21.4 Å². The minimum atomic E-state index is -0.465. The molecule has 3 aromatic rings. The van der Waals surface area contributed by atoms with Gasteiger partial charge < -0.3 is 5.43 Å². The standard InChI is InChI=1S/C12H10N6O2S/c13-14-8-5-9(18(19)20)7-10(6-8)21-12-16-15-11-3-1-2-4-17(11)12/h1-7,14H,13H2. The molecule has 0 saturated carbocycles. The van der Waals surface area contributed by atoms with E-state index < -0.39 is 4.92 Å². The van der Waals surface area contributed by atoms with Gasteiger partial charge in [-0.25, -0.2) is 0 Å². The average molecular weight is 302 g/mol. The van der Waals surface area contributed by atoms with Crippen molar-refractivity contribution in [3.63, 3.8) is 0 Å². The predicted molar refractivity (Wildman–Crippen MR) is 78.0 cm³/mol. The van der Waals surface area contributed by atoms with Gasteiger partial charge in [-0.2, -0.15) is 0 Å². The molecule has 0 fully saturated rings. The lowest BCUT2D eigenvalue weighted by Gasteiger charge is -2.04. The number of nitrogen functional groups attached to an aromatic ring is 1. The highest BCUT2D eigenvalue weighted by atomic mass is 32.2. The Morgan fingerprint density at radius 1 is 1.29 bits per heavy atom. The number of nitrogens with two attached hydrogens (primary N) is 1. The Bertz CT molecular complexity index is 818. The highest BCUT2D eigenvalue weighted by Crippen LogP contribution is 2.31. The number of aromatic nitrogens is 3. The number of benzene rings is 1. The molecule has 0 aliphatic heterocycles. The topological polar surface area (TPSA) is 111 Å². The number of nitro groups is 1. The van der Waals surface area contributed by atoms with Crippen LogP contribution in [0.5, 0.6) is 0 Å². The molecule has 0 saturated heterocycles. The second-order valence-electron chi connectivity index (χ2n) is 4.13. The normalized spacial score (nSPS) is 10.7. The molecule has 2 heterocycles. The number of nitrogens with one attached hydrogen (secondary N) is 1. The Balaban J connectivity index is 2.01. The summed E-state index contributed by atoms with van der Waals surface area (Å²) in [6, 6.07) is 10.1. The van der Waals surface area contributed by atoms with E-state index in [-0.39, 0.29) is 5.69 Å². The van der Waals surface area contributed by atoms with Crippen molar-refractivity contribution in [1.29, 1.82) is 0 Å². The number of fused-ring (bicyclic) bond motifs is 1. The summed E-state index contributed by atoms with van der Waals surface area (Å²) < 4.78 is 1.80. The molecule has 2 aromatic heterocycles. The van der Waals surface area contributed by atoms with E-state index in [0.717, 1.165) is 0 Å². The van der Waals surface area contributed by atoms with Gasteiger partial charge in [-0.3, -0.25) is 20.4 Å². The maximum atomic E-state index is 10.9. The molecule has 0 aliphatic rings. The third-order valence-corrected chi connectivity index (χ3v) is 3.69. The minimum Gasteiger partial charge on any atom is -0.324 e. The van der Waals surface area contributed by atoms with Gasteiger partial charge in [-0.05, 0) is 30.0 Å². The zero-order chi connectivity index (χ0) is 14.8. The number of pyridine rings is 1. The van der Waals surface area contributed by atoms with Crippen molar-refractivity contribution in [3.8, 4) is 0 Å². The molecule has 106 valence electrons. The first-order valence-electron chi connectivity index (χ1n) is 5.91. The van der Waals surface area contributed by atoms with Crippen LogP contribution in [-0.4, -0.2) is 19.5 Å². The third-order valence-electron chi connectivity index (χ3n) is 2.76. The molecule has 0 radical (unpaired) electrons. The number of hydrogen-bond acceptors (Lipinski definition) is 7. The zero-order valence-electron chi connectivity index (χ0n) is 10.6. The molecule has 0 aliphatic carbocycles. The summed E-state index contributed by atoms with van der Waals surface area (Å²) in [5.74, 6) is 5.34. The fourth-order valence-corrected chi connectivity index (χ4v) is 2.74. The molecule has 3 rings (SSSR count). The number of non-ortho nitro benzene ring substituents is 1. The van der Waals surface area contributed by atoms with Crippen molar-refractivity contribution in [2.45, 2.75) is 10.1 Å². The van der Waals surface area contributed by atoms with Gasteiger partial charge in [0.05, 0.1) is 10.6 Å². The number of anilines is 1. The van der Waals surface area contributed by atoms with Gasteiger partial charge in [0.1, 0.15) is 0 Å². The fourth-order valence-electron chi connectivity index (χ4n) is 1.83. The van der Waals surface area contributed by atoms with Crippen molar-refractivity contribution >= 4 is 28.8 Å². The highest BCUT2D eigenvalue weighted by Gasteiger charge is 2.13. The highest BCUT2D eigenvalue weighted by molar-refractivity contribution is 7.99. The van der Waals surface area contributed by atoms with Crippen molar-refractivity contribution in [1.82, 2.24) is 14.6 Å². The van der Waals surface area contributed by atoms with Gasteiger partial charge in [0, 0.05) is 23.2 Å². The summed E-state index contributed by atoms with van der Waals surface area (Å²) in [4.78, 5) is 11.1.